The highest BCUT2D eigenvalue weighted by Gasteiger charge is 2.37. The van der Waals surface area contributed by atoms with Crippen molar-refractivity contribution in [3.8, 4) is 0 Å². The van der Waals surface area contributed by atoms with Crippen molar-refractivity contribution < 1.29 is 117 Å². The quantitative estimate of drug-likeness (QED) is 0.0307. The van der Waals surface area contributed by atoms with Crippen LogP contribution in [-0.4, -0.2) is 225 Å². The number of ether oxygens (including phenoxy) is 2. The molecule has 0 radical (unpaired) electrons. The van der Waals surface area contributed by atoms with E-state index in [-0.39, 0.29) is 50.3 Å². The van der Waals surface area contributed by atoms with Gasteiger partial charge in [0, 0.05) is 43.6 Å². The lowest BCUT2D eigenvalue weighted by atomic mass is 10.0. The van der Waals surface area contributed by atoms with Crippen LogP contribution >= 0.6 is 11.8 Å². The first-order valence-corrected chi connectivity index (χ1v) is 42.0. The van der Waals surface area contributed by atoms with Crippen LogP contribution < -0.4 is 70.8 Å². The first kappa shape index (κ1) is 106. The number of carboxylic acids is 4. The van der Waals surface area contributed by atoms with E-state index in [4.69, 9.17) is 32.4 Å². The normalized spacial score (nSPS) is 13.7. The second kappa shape index (κ2) is 65.4. The molecule has 0 aliphatic rings. The van der Waals surface area contributed by atoms with Crippen molar-refractivity contribution in [3.05, 3.63) is 0 Å². The van der Waals surface area contributed by atoms with Crippen LogP contribution in [0, 0.1) is 5.92 Å². The average molecular weight is 1660 g/mol. The summed E-state index contributed by atoms with van der Waals surface area (Å²) >= 11 is 1.14. The molecule has 38 heteroatoms. The van der Waals surface area contributed by atoms with Crippen molar-refractivity contribution in [2.75, 3.05) is 37.8 Å². The van der Waals surface area contributed by atoms with Crippen LogP contribution in [-0.2, 0) is 91.0 Å². The molecule has 658 valence electrons. The largest absolute Gasteiger partial charge is 0.481 e. The minimum absolute atomic E-state index is 0.0610. The molecule has 0 unspecified atom stereocenters. The fraction of sp³-hybridized carbons (Fsp3) is 0.779. The predicted molar refractivity (Wildman–Crippen MR) is 426 cm³/mol. The molecule has 0 saturated carbocycles. The van der Waals surface area contributed by atoms with Crippen LogP contribution in [0.5, 0.6) is 0 Å². The molecule has 0 heterocycles. The van der Waals surface area contributed by atoms with Gasteiger partial charge in [-0.25, -0.2) is 4.79 Å². The van der Waals surface area contributed by atoms with Crippen molar-refractivity contribution in [3.63, 3.8) is 0 Å². The zero-order valence-corrected chi connectivity index (χ0v) is 68.7. The summed E-state index contributed by atoms with van der Waals surface area (Å²) in [5, 5.41) is 68.1. The predicted octanol–water partition coefficient (Wildman–Crippen LogP) is 2.67. The Kier molecular flexibility index (Phi) is 60.4. The molecule has 0 aromatic rings. The molecule has 0 fully saturated rings. The molecule has 0 rings (SSSR count). The van der Waals surface area contributed by atoms with Crippen molar-refractivity contribution in [1.29, 1.82) is 0 Å². The summed E-state index contributed by atoms with van der Waals surface area (Å²) in [7, 11) is 0. The Morgan fingerprint density at radius 3 is 1.22 bits per heavy atom. The zero-order chi connectivity index (χ0) is 86.5. The summed E-state index contributed by atoms with van der Waals surface area (Å²) in [5.41, 5.74) is 22.5. The van der Waals surface area contributed by atoms with Crippen LogP contribution in [0.1, 0.15) is 278 Å². The van der Waals surface area contributed by atoms with E-state index < -0.39 is 232 Å². The Labute approximate surface area is 679 Å². The van der Waals surface area contributed by atoms with Gasteiger partial charge in [0.1, 0.15) is 61.0 Å². The second-order valence-electron chi connectivity index (χ2n) is 29.3. The average Bonchev–Trinajstić information content (AvgIpc) is 0.865. The van der Waals surface area contributed by atoms with Crippen molar-refractivity contribution in [2.45, 2.75) is 339 Å². The molecular weight excluding hydrogens is 1520 g/mol. The van der Waals surface area contributed by atoms with Crippen LogP contribution in [0.25, 0.3) is 0 Å². The number of aliphatic carboxylic acids is 4. The molecule has 0 aromatic heterocycles. The third-order valence-electron chi connectivity index (χ3n) is 18.6. The summed E-state index contributed by atoms with van der Waals surface area (Å²) in [6.45, 7) is 5.17. The number of esters is 2. The number of nitrogens with two attached hydrogens (primary N) is 4. The smallest absolute Gasteiger partial charge is 0.326 e. The SMILES string of the molecule is CCCCCCCCCCCCCCCC(=O)OC[C@@H](CSC[C@H](N)C(=O)N[C@H](C(=O)N[C@@H](CCC(N)=O)C(=O)NCC(=O)N[C@@H](CCC(=O)O)C(=O)N[C@@H](CCC(=O)O)C(=O)N[C@@H](CO)C(=O)N[C@@H](CC(N)=O)C(=O)N[C@@H](CC(=O)O)C(=O)N[C@@H](CCCCN)C(=O)O)C(C)C)OC(=O)CCCCCCCCCCCCCCC. The van der Waals surface area contributed by atoms with Crippen LogP contribution in [0.15, 0.2) is 0 Å². The van der Waals surface area contributed by atoms with Crippen molar-refractivity contribution in [1.82, 2.24) is 47.9 Å². The summed E-state index contributed by atoms with van der Waals surface area (Å²) in [6, 6.07) is -16.0. The van der Waals surface area contributed by atoms with E-state index in [0.29, 0.717) is 19.3 Å². The van der Waals surface area contributed by atoms with Gasteiger partial charge in [0.05, 0.1) is 32.0 Å². The van der Waals surface area contributed by atoms with Gasteiger partial charge < -0.3 is 106 Å². The highest BCUT2D eigenvalue weighted by atomic mass is 32.2. The first-order valence-electron chi connectivity index (χ1n) is 40.8. The van der Waals surface area contributed by atoms with Gasteiger partial charge in [-0.15, -0.1) is 0 Å². The highest BCUT2D eigenvalue weighted by molar-refractivity contribution is 7.99. The molecule has 37 nitrogen and oxygen atoms in total. The molecule has 10 atom stereocenters. The van der Waals surface area contributed by atoms with Gasteiger partial charge >= 0.3 is 35.8 Å². The molecule has 115 heavy (non-hydrogen) atoms. The van der Waals surface area contributed by atoms with Crippen LogP contribution in [0.3, 0.4) is 0 Å². The molecule has 22 N–H and O–H groups in total. The van der Waals surface area contributed by atoms with Gasteiger partial charge in [0.2, 0.25) is 65.0 Å². The fourth-order valence-electron chi connectivity index (χ4n) is 11.9. The number of thioether (sulfide) groups is 1. The van der Waals surface area contributed by atoms with E-state index in [9.17, 15) is 107 Å². The molecule has 0 saturated heterocycles. The molecule has 11 amide bonds. The van der Waals surface area contributed by atoms with Crippen LogP contribution in [0.4, 0.5) is 0 Å². The Morgan fingerprint density at radius 1 is 0.383 bits per heavy atom. The van der Waals surface area contributed by atoms with E-state index in [2.05, 4.69) is 45.7 Å². The second-order valence-corrected chi connectivity index (χ2v) is 30.4. The topological polar surface area (TPSA) is 622 Å². The van der Waals surface area contributed by atoms with Gasteiger partial charge in [-0.1, -0.05) is 182 Å². The number of aliphatic hydroxyl groups excluding tert-OH is 1. The third kappa shape index (κ3) is 54.7. The Balaban J connectivity index is 6.25. The van der Waals surface area contributed by atoms with Crippen molar-refractivity contribution in [2.24, 2.45) is 28.9 Å². The minimum Gasteiger partial charge on any atom is -0.481 e. The molecule has 0 spiro atoms. The lowest BCUT2D eigenvalue weighted by Crippen LogP contribution is -2.61. The first-order chi connectivity index (χ1) is 54.7. The maximum atomic E-state index is 14.0. The number of rotatable bonds is 73. The number of nitrogens with one attached hydrogen (secondary N) is 9. The number of hydrogen-bond acceptors (Lipinski definition) is 23. The van der Waals surface area contributed by atoms with Gasteiger partial charge in [-0.3, -0.25) is 76.7 Å². The number of carbonyl (C=O) groups excluding carboxylic acids is 13. The minimum atomic E-state index is -2.13. The monoisotopic (exact) mass is 1660 g/mol. The Morgan fingerprint density at radius 2 is 0.783 bits per heavy atom. The summed E-state index contributed by atoms with van der Waals surface area (Å²) in [6.07, 6.45) is 23.1. The maximum Gasteiger partial charge on any atom is 0.326 e. The standard InChI is InChI=1S/C77H135N13O24S/c1-5-7-9-11-13-15-17-19-21-23-25-27-29-34-66(101)113-47-51(114-67(102)35-30-28-26-24-22-20-18-16-14-12-10-8-6-2)48-115-49-52(79)69(103)90-68(50(3)4)76(110)85-53(36-39-60(80)92)70(104)82-45-62(94)83-54(37-40-63(95)96)71(105)84-55(38-41-64(97)98)72(106)89-59(46-91)75(109)87-57(43-61(81)93)73(107)88-58(44-65(99)100)74(108)86-56(77(111)112)33-31-32-42-78/h50-59,68,91H,5-49,78-79H2,1-4H3,(H2,80,92)(H2,81,93)(H,82,104)(H,83,94)(H,84,105)(H,85,110)(H,86,108)(H,87,109)(H,88,107)(H,89,106)(H,90,103)(H,95,96)(H,97,98)(H,99,100)(H,111,112)/t51-,52-,53-,54-,55-,56-,57-,58-,59-,68-/m0/s1. The van der Waals surface area contributed by atoms with Crippen molar-refractivity contribution >= 4 is 113 Å². The number of amides is 11. The Hall–Kier alpha value is -8.78. The maximum absolute atomic E-state index is 14.0. The number of aliphatic hydroxyl groups is 1. The van der Waals surface area contributed by atoms with E-state index >= 15 is 0 Å². The number of carbonyl (C=O) groups is 17. The highest BCUT2D eigenvalue weighted by Crippen LogP contribution is 2.18. The summed E-state index contributed by atoms with van der Waals surface area (Å²) < 4.78 is 11.4. The van der Waals surface area contributed by atoms with Gasteiger partial charge in [-0.2, -0.15) is 11.8 Å². The van der Waals surface area contributed by atoms with Gasteiger partial charge in [0.15, 0.2) is 0 Å². The van der Waals surface area contributed by atoms with E-state index in [0.717, 1.165) is 63.1 Å². The van der Waals surface area contributed by atoms with Gasteiger partial charge in [-0.05, 0) is 63.8 Å². The fourth-order valence-corrected chi connectivity index (χ4v) is 12.9. The molecule has 0 aliphatic heterocycles. The molecule has 0 bridgehead atoms. The lowest BCUT2D eigenvalue weighted by Gasteiger charge is -2.27. The Bertz CT molecular complexity index is 2990. The number of unbranched alkanes of at least 4 members (excludes halogenated alkanes) is 25. The van der Waals surface area contributed by atoms with E-state index in [1.54, 1.807) is 13.8 Å². The number of hydrogen-bond donors (Lipinski definition) is 18. The summed E-state index contributed by atoms with van der Waals surface area (Å²) in [4.78, 5) is 220. The van der Waals surface area contributed by atoms with Gasteiger partial charge in [0.25, 0.3) is 0 Å². The van der Waals surface area contributed by atoms with E-state index in [1.165, 1.54) is 103 Å². The molecule has 0 aliphatic carbocycles. The lowest BCUT2D eigenvalue weighted by molar-refractivity contribution is -0.157. The summed E-state index contributed by atoms with van der Waals surface area (Å²) in [5.74, 6) is -21.0. The molecule has 0 aromatic carbocycles. The number of carboxylic acid groups (broad SMARTS) is 4. The zero-order valence-electron chi connectivity index (χ0n) is 67.9. The van der Waals surface area contributed by atoms with E-state index in [1.807, 2.05) is 16.0 Å². The third-order valence-corrected chi connectivity index (χ3v) is 19.8. The molecular formula is C77H135N13O24S. The number of primary amides is 2. The van der Waals surface area contributed by atoms with Crippen LogP contribution in [0.2, 0.25) is 0 Å².